The average molecular weight is 595 g/mol. The van der Waals surface area contributed by atoms with Gasteiger partial charge in [0.05, 0.1) is 0 Å². The second-order valence-corrected chi connectivity index (χ2v) is 11.5. The van der Waals surface area contributed by atoms with Crippen LogP contribution < -0.4 is 21.3 Å². The number of fused-ring (bicyclic) bond motifs is 1. The molecular weight excluding hydrogens is 556 g/mol. The van der Waals surface area contributed by atoms with Crippen LogP contribution in [-0.2, 0) is 38.0 Å². The average Bonchev–Trinajstić information content (AvgIpc) is 3.71. The second kappa shape index (κ2) is 15.2. The molecule has 1 atom stereocenters. The molecule has 0 aliphatic carbocycles. The molecule has 8 nitrogen and oxygen atoms in total. The van der Waals surface area contributed by atoms with Crippen LogP contribution in [0.1, 0.15) is 45.0 Å². The Morgan fingerprint density at radius 1 is 0.884 bits per heavy atom. The fraction of sp³-hybridized carbons (Fsp3) is 0.265. The van der Waals surface area contributed by atoms with Crippen molar-refractivity contribution in [1.29, 1.82) is 0 Å². The molecule has 2 amide bonds. The van der Waals surface area contributed by atoms with Gasteiger partial charge in [0, 0.05) is 62.3 Å². The summed E-state index contributed by atoms with van der Waals surface area (Å²) in [6.07, 6.45) is 5.08. The quantitative estimate of drug-likeness (QED) is 0.129. The molecule has 0 aliphatic heterocycles. The molecule has 0 spiro atoms. The van der Waals surface area contributed by atoms with Crippen molar-refractivity contribution in [2.75, 3.05) is 6.54 Å². The minimum atomic E-state index is -0.654. The van der Waals surface area contributed by atoms with Crippen molar-refractivity contribution >= 4 is 33.9 Å². The minimum absolute atomic E-state index is 0.188. The summed E-state index contributed by atoms with van der Waals surface area (Å²) in [4.78, 5) is 30.9. The van der Waals surface area contributed by atoms with Gasteiger partial charge in [-0.05, 0) is 65.6 Å². The number of aromatic nitrogens is 2. The number of amides is 2. The van der Waals surface area contributed by atoms with Crippen molar-refractivity contribution in [3.05, 3.63) is 124 Å². The van der Waals surface area contributed by atoms with Gasteiger partial charge in [-0.2, -0.15) is 0 Å². The summed E-state index contributed by atoms with van der Waals surface area (Å²) >= 11 is 1.62. The predicted octanol–water partition coefficient (Wildman–Crippen LogP) is 4.91. The standard InChI is InChI=1S/C34H38N6O2S/c1-40-19-6-10-29(40)23-35-17-5-12-31(34(42)38-22-28-9-4-8-26-7-2-3-11-30(26)28)39-33(41)27-15-13-25(14-16-27)21-36-24-32-37-18-20-43-32/h2-4,6-11,13-16,18-20,31,35-36H,5,12,17,21-24H2,1H3,(H,38,42)(H,39,41)/t31-/m0/s1. The van der Waals surface area contributed by atoms with E-state index >= 15 is 0 Å². The SMILES string of the molecule is Cn1cccc1CNCCC[C@H](NC(=O)c1ccc(CNCc2nccs2)cc1)C(=O)NCc1cccc2ccccc12. The lowest BCUT2D eigenvalue weighted by Gasteiger charge is -2.19. The van der Waals surface area contributed by atoms with Crippen LogP contribution in [0.3, 0.4) is 0 Å². The summed E-state index contributed by atoms with van der Waals surface area (Å²) in [7, 11) is 2.02. The third-order valence-electron chi connectivity index (χ3n) is 7.46. The van der Waals surface area contributed by atoms with Crippen LogP contribution in [0, 0.1) is 0 Å². The van der Waals surface area contributed by atoms with Gasteiger partial charge in [0.2, 0.25) is 5.91 Å². The molecule has 0 fully saturated rings. The Bertz CT molecular complexity index is 1610. The van der Waals surface area contributed by atoms with E-state index in [0.717, 1.165) is 46.4 Å². The molecule has 5 rings (SSSR count). The van der Waals surface area contributed by atoms with Crippen LogP contribution in [0.25, 0.3) is 10.8 Å². The molecule has 0 unspecified atom stereocenters. The monoisotopic (exact) mass is 594 g/mol. The highest BCUT2D eigenvalue weighted by Gasteiger charge is 2.21. The molecule has 0 aliphatic rings. The maximum Gasteiger partial charge on any atom is 0.251 e. The van der Waals surface area contributed by atoms with Crippen LogP contribution in [0.15, 0.2) is 96.6 Å². The molecule has 2 aromatic heterocycles. The van der Waals surface area contributed by atoms with Crippen molar-refractivity contribution in [2.24, 2.45) is 7.05 Å². The number of hydrogen-bond donors (Lipinski definition) is 4. The molecule has 3 aromatic carbocycles. The number of benzene rings is 3. The van der Waals surface area contributed by atoms with E-state index in [-0.39, 0.29) is 11.8 Å². The summed E-state index contributed by atoms with van der Waals surface area (Å²) in [5.41, 5.74) is 3.83. The van der Waals surface area contributed by atoms with Gasteiger partial charge in [-0.1, -0.05) is 54.6 Å². The van der Waals surface area contributed by atoms with Crippen LogP contribution >= 0.6 is 11.3 Å². The van der Waals surface area contributed by atoms with E-state index in [0.29, 0.717) is 31.6 Å². The largest absolute Gasteiger partial charge is 0.353 e. The summed E-state index contributed by atoms with van der Waals surface area (Å²) in [6.45, 7) is 3.25. The molecule has 2 heterocycles. The zero-order chi connectivity index (χ0) is 29.9. The molecule has 43 heavy (non-hydrogen) atoms. The first kappa shape index (κ1) is 30.2. The minimum Gasteiger partial charge on any atom is -0.353 e. The van der Waals surface area contributed by atoms with Gasteiger partial charge in [-0.25, -0.2) is 4.98 Å². The third-order valence-corrected chi connectivity index (χ3v) is 8.24. The molecule has 222 valence electrons. The fourth-order valence-electron chi connectivity index (χ4n) is 5.02. The van der Waals surface area contributed by atoms with Gasteiger partial charge in [0.25, 0.3) is 5.91 Å². The molecular formula is C34H38N6O2S. The Labute approximate surface area is 256 Å². The lowest BCUT2D eigenvalue weighted by Crippen LogP contribution is -2.46. The van der Waals surface area contributed by atoms with Crippen molar-refractivity contribution in [2.45, 2.75) is 45.1 Å². The number of nitrogens with one attached hydrogen (secondary N) is 4. The number of thiazole rings is 1. The predicted molar refractivity (Wildman–Crippen MR) is 173 cm³/mol. The van der Waals surface area contributed by atoms with Crippen LogP contribution in [0.4, 0.5) is 0 Å². The van der Waals surface area contributed by atoms with Gasteiger partial charge in [-0.3, -0.25) is 9.59 Å². The number of rotatable bonds is 15. The normalized spacial score (nSPS) is 11.8. The van der Waals surface area contributed by atoms with E-state index in [1.165, 1.54) is 5.69 Å². The Morgan fingerprint density at radius 3 is 2.51 bits per heavy atom. The molecule has 0 radical (unpaired) electrons. The maximum absolute atomic E-state index is 13.4. The number of carbonyl (C=O) groups is 2. The second-order valence-electron chi connectivity index (χ2n) is 10.5. The Kier molecular flexibility index (Phi) is 10.7. The van der Waals surface area contributed by atoms with Gasteiger partial charge < -0.3 is 25.8 Å². The van der Waals surface area contributed by atoms with Gasteiger partial charge in [0.1, 0.15) is 11.0 Å². The summed E-state index contributed by atoms with van der Waals surface area (Å²) in [5.74, 6) is -0.448. The molecule has 5 aromatic rings. The van der Waals surface area contributed by atoms with E-state index in [1.807, 2.05) is 73.2 Å². The lowest BCUT2D eigenvalue weighted by molar-refractivity contribution is -0.123. The summed E-state index contributed by atoms with van der Waals surface area (Å²) < 4.78 is 2.08. The summed E-state index contributed by atoms with van der Waals surface area (Å²) in [6, 6.07) is 25.2. The first-order valence-corrected chi connectivity index (χ1v) is 15.5. The van der Waals surface area contributed by atoms with Crippen molar-refractivity contribution in [1.82, 2.24) is 30.8 Å². The Hall–Kier alpha value is -4.31. The molecule has 9 heteroatoms. The van der Waals surface area contributed by atoms with Crippen LogP contribution in [0.2, 0.25) is 0 Å². The molecule has 0 bridgehead atoms. The Balaban J connectivity index is 1.18. The van der Waals surface area contributed by atoms with Gasteiger partial charge in [-0.15, -0.1) is 11.3 Å². The Morgan fingerprint density at radius 2 is 1.72 bits per heavy atom. The maximum atomic E-state index is 13.4. The van der Waals surface area contributed by atoms with Crippen molar-refractivity contribution in [3.63, 3.8) is 0 Å². The van der Waals surface area contributed by atoms with Gasteiger partial charge >= 0.3 is 0 Å². The highest BCUT2D eigenvalue weighted by molar-refractivity contribution is 7.09. The van der Waals surface area contributed by atoms with Crippen LogP contribution in [-0.4, -0.2) is 34.0 Å². The smallest absolute Gasteiger partial charge is 0.251 e. The van der Waals surface area contributed by atoms with E-state index in [2.05, 4.69) is 55.1 Å². The zero-order valence-electron chi connectivity index (χ0n) is 24.4. The number of nitrogens with zero attached hydrogens (tertiary/aromatic N) is 2. The topological polar surface area (TPSA) is 100 Å². The van der Waals surface area contributed by atoms with E-state index in [1.54, 1.807) is 17.5 Å². The van der Waals surface area contributed by atoms with Gasteiger partial charge in [0.15, 0.2) is 0 Å². The number of hydrogen-bond acceptors (Lipinski definition) is 6. The highest BCUT2D eigenvalue weighted by atomic mass is 32.1. The first-order chi connectivity index (χ1) is 21.1. The van der Waals surface area contributed by atoms with Crippen molar-refractivity contribution in [3.8, 4) is 0 Å². The molecule has 0 saturated heterocycles. The van der Waals surface area contributed by atoms with E-state index in [4.69, 9.17) is 0 Å². The number of carbonyl (C=O) groups excluding carboxylic acids is 2. The zero-order valence-corrected chi connectivity index (χ0v) is 25.2. The van der Waals surface area contributed by atoms with E-state index in [9.17, 15) is 9.59 Å². The van der Waals surface area contributed by atoms with Crippen molar-refractivity contribution < 1.29 is 9.59 Å². The number of aryl methyl sites for hydroxylation is 1. The van der Waals surface area contributed by atoms with Crippen LogP contribution in [0.5, 0.6) is 0 Å². The molecule has 0 saturated carbocycles. The fourth-order valence-corrected chi connectivity index (χ4v) is 5.60. The highest BCUT2D eigenvalue weighted by Crippen LogP contribution is 2.18. The third kappa shape index (κ3) is 8.61. The lowest BCUT2D eigenvalue weighted by atomic mass is 10.0. The molecule has 4 N–H and O–H groups in total. The van der Waals surface area contributed by atoms with E-state index < -0.39 is 6.04 Å². The summed E-state index contributed by atoms with van der Waals surface area (Å²) in [5, 5.41) is 18.1. The first-order valence-electron chi connectivity index (χ1n) is 14.6.